The van der Waals surface area contributed by atoms with Gasteiger partial charge in [-0.2, -0.15) is 0 Å². The van der Waals surface area contributed by atoms with Crippen molar-refractivity contribution in [2.24, 2.45) is 0 Å². The number of fused-ring (bicyclic) bond motifs is 2. The molecule has 0 unspecified atom stereocenters. The van der Waals surface area contributed by atoms with Crippen molar-refractivity contribution in [2.75, 3.05) is 6.61 Å². The normalized spacial score (nSPS) is 11.2. The van der Waals surface area contributed by atoms with E-state index in [9.17, 15) is 0 Å². The summed E-state index contributed by atoms with van der Waals surface area (Å²) in [5.41, 5.74) is 2.58. The molecule has 0 radical (unpaired) electrons. The number of hydrogen-bond acceptors (Lipinski definition) is 1. The Labute approximate surface area is 135 Å². The molecule has 4 rings (SSSR count). The lowest BCUT2D eigenvalue weighted by Crippen LogP contribution is -1.98. The summed E-state index contributed by atoms with van der Waals surface area (Å²) in [5.74, 6) is 0.933. The summed E-state index contributed by atoms with van der Waals surface area (Å²) in [4.78, 5) is 0. The lowest BCUT2D eigenvalue weighted by molar-refractivity contribution is 0.340. The van der Waals surface area contributed by atoms with Crippen molar-refractivity contribution >= 4 is 21.7 Å². The molecular formula is C21H19NO. The number of benzene rings is 3. The van der Waals surface area contributed by atoms with Crippen LogP contribution in [0.5, 0.6) is 5.75 Å². The van der Waals surface area contributed by atoms with Gasteiger partial charge in [-0.15, -0.1) is 0 Å². The molecule has 1 aromatic heterocycles. The highest BCUT2D eigenvalue weighted by Crippen LogP contribution is 2.25. The van der Waals surface area contributed by atoms with Crippen molar-refractivity contribution in [2.45, 2.75) is 13.5 Å². The van der Waals surface area contributed by atoms with Crippen LogP contribution in [0, 0.1) is 0 Å². The zero-order valence-corrected chi connectivity index (χ0v) is 13.2. The summed E-state index contributed by atoms with van der Waals surface area (Å²) in [5, 5.41) is 3.83. The van der Waals surface area contributed by atoms with Crippen LogP contribution in [0.25, 0.3) is 21.7 Å². The van der Waals surface area contributed by atoms with E-state index in [0.29, 0.717) is 6.61 Å². The highest BCUT2D eigenvalue weighted by atomic mass is 16.5. The molecule has 0 fully saturated rings. The fraction of sp³-hybridized carbons (Fsp3) is 0.143. The molecule has 23 heavy (non-hydrogen) atoms. The zero-order chi connectivity index (χ0) is 15.6. The maximum Gasteiger partial charge on any atom is 0.120 e. The third-order valence-electron chi connectivity index (χ3n) is 4.27. The van der Waals surface area contributed by atoms with E-state index in [0.717, 1.165) is 12.3 Å². The molecule has 0 aliphatic carbocycles. The lowest BCUT2D eigenvalue weighted by atomic mass is 10.0. The molecule has 4 aromatic rings. The molecule has 2 heteroatoms. The van der Waals surface area contributed by atoms with E-state index in [-0.39, 0.29) is 0 Å². The fourth-order valence-electron chi connectivity index (χ4n) is 3.19. The first kappa shape index (κ1) is 13.9. The zero-order valence-electron chi connectivity index (χ0n) is 13.2. The average Bonchev–Trinajstić information content (AvgIpc) is 2.98. The van der Waals surface area contributed by atoms with Crippen molar-refractivity contribution in [3.63, 3.8) is 0 Å². The third kappa shape index (κ3) is 2.57. The summed E-state index contributed by atoms with van der Waals surface area (Å²) in [6, 6.07) is 23.5. The SMILES string of the molecule is CCOc1ccc2c(ccn2Cc2cccc3ccccc23)c1. The van der Waals surface area contributed by atoms with Crippen LogP contribution >= 0.6 is 0 Å². The second kappa shape index (κ2) is 5.81. The number of ether oxygens (including phenoxy) is 1. The van der Waals surface area contributed by atoms with Crippen molar-refractivity contribution in [1.29, 1.82) is 0 Å². The maximum atomic E-state index is 5.59. The number of aromatic nitrogens is 1. The molecule has 0 atom stereocenters. The Balaban J connectivity index is 1.75. The predicted octanol–water partition coefficient (Wildman–Crippen LogP) is 5.24. The molecule has 114 valence electrons. The van der Waals surface area contributed by atoms with Gasteiger partial charge in [0.2, 0.25) is 0 Å². The maximum absolute atomic E-state index is 5.59. The Hall–Kier alpha value is -2.74. The molecule has 0 saturated heterocycles. The van der Waals surface area contributed by atoms with Gasteiger partial charge < -0.3 is 9.30 Å². The summed E-state index contributed by atoms with van der Waals surface area (Å²) < 4.78 is 7.89. The molecule has 2 nitrogen and oxygen atoms in total. The van der Waals surface area contributed by atoms with Gasteiger partial charge >= 0.3 is 0 Å². The monoisotopic (exact) mass is 301 g/mol. The molecule has 0 spiro atoms. The average molecular weight is 301 g/mol. The van der Waals surface area contributed by atoms with Crippen LogP contribution in [0.1, 0.15) is 12.5 Å². The highest BCUT2D eigenvalue weighted by Gasteiger charge is 2.06. The Kier molecular flexibility index (Phi) is 3.51. The first-order valence-electron chi connectivity index (χ1n) is 8.03. The fourth-order valence-corrected chi connectivity index (χ4v) is 3.19. The van der Waals surface area contributed by atoms with Gasteiger partial charge in [0.05, 0.1) is 6.61 Å². The molecular weight excluding hydrogens is 282 g/mol. The standard InChI is InChI=1S/C21H19NO/c1-2-23-19-10-11-21-17(14-19)12-13-22(21)15-18-8-5-7-16-6-3-4-9-20(16)18/h3-14H,2,15H2,1H3. The first-order valence-corrected chi connectivity index (χ1v) is 8.03. The van der Waals surface area contributed by atoms with Gasteiger partial charge in [0.1, 0.15) is 5.75 Å². The smallest absolute Gasteiger partial charge is 0.120 e. The Bertz CT molecular complexity index is 963. The van der Waals surface area contributed by atoms with Crippen LogP contribution in [0.15, 0.2) is 72.9 Å². The Morgan fingerprint density at radius 3 is 2.65 bits per heavy atom. The van der Waals surface area contributed by atoms with Gasteiger partial charge in [-0.05, 0) is 47.5 Å². The summed E-state index contributed by atoms with van der Waals surface area (Å²) in [7, 11) is 0. The van der Waals surface area contributed by atoms with Gasteiger partial charge in [-0.3, -0.25) is 0 Å². The van der Waals surface area contributed by atoms with E-state index in [1.54, 1.807) is 0 Å². The van der Waals surface area contributed by atoms with Crippen LogP contribution in [0.4, 0.5) is 0 Å². The van der Waals surface area contributed by atoms with Gasteiger partial charge in [0.25, 0.3) is 0 Å². The lowest BCUT2D eigenvalue weighted by Gasteiger charge is -2.10. The van der Waals surface area contributed by atoms with E-state index < -0.39 is 0 Å². The molecule has 0 aliphatic rings. The highest BCUT2D eigenvalue weighted by molar-refractivity contribution is 5.86. The largest absolute Gasteiger partial charge is 0.494 e. The van der Waals surface area contributed by atoms with E-state index >= 15 is 0 Å². The first-order chi connectivity index (χ1) is 11.3. The molecule has 0 saturated carbocycles. The minimum atomic E-state index is 0.697. The van der Waals surface area contributed by atoms with Crippen LogP contribution in [-0.4, -0.2) is 11.2 Å². The number of rotatable bonds is 4. The Morgan fingerprint density at radius 2 is 1.74 bits per heavy atom. The summed E-state index contributed by atoms with van der Waals surface area (Å²) in [6.07, 6.45) is 2.15. The molecule has 0 amide bonds. The van der Waals surface area contributed by atoms with Gasteiger partial charge in [0.15, 0.2) is 0 Å². The Morgan fingerprint density at radius 1 is 0.870 bits per heavy atom. The van der Waals surface area contributed by atoms with E-state index in [1.165, 1.54) is 27.2 Å². The number of nitrogens with zero attached hydrogens (tertiary/aromatic N) is 1. The van der Waals surface area contributed by atoms with Crippen molar-refractivity contribution in [3.05, 3.63) is 78.5 Å². The van der Waals surface area contributed by atoms with Crippen molar-refractivity contribution < 1.29 is 4.74 Å². The molecule has 0 N–H and O–H groups in total. The van der Waals surface area contributed by atoms with Crippen LogP contribution < -0.4 is 4.74 Å². The summed E-state index contributed by atoms with van der Waals surface area (Å²) >= 11 is 0. The van der Waals surface area contributed by atoms with Gasteiger partial charge in [0, 0.05) is 23.6 Å². The van der Waals surface area contributed by atoms with Crippen LogP contribution in [0.3, 0.4) is 0 Å². The van der Waals surface area contributed by atoms with E-state index in [2.05, 4.69) is 71.4 Å². The van der Waals surface area contributed by atoms with E-state index in [4.69, 9.17) is 4.74 Å². The van der Waals surface area contributed by atoms with Crippen LogP contribution in [0.2, 0.25) is 0 Å². The third-order valence-corrected chi connectivity index (χ3v) is 4.27. The van der Waals surface area contributed by atoms with E-state index in [1.807, 2.05) is 13.0 Å². The second-order valence-electron chi connectivity index (χ2n) is 5.74. The van der Waals surface area contributed by atoms with Crippen molar-refractivity contribution in [3.8, 4) is 5.75 Å². The molecule has 1 heterocycles. The topological polar surface area (TPSA) is 14.2 Å². The van der Waals surface area contributed by atoms with Gasteiger partial charge in [-0.25, -0.2) is 0 Å². The molecule has 0 aliphatic heterocycles. The molecule has 3 aromatic carbocycles. The minimum absolute atomic E-state index is 0.697. The van der Waals surface area contributed by atoms with Crippen molar-refractivity contribution in [1.82, 2.24) is 4.57 Å². The summed E-state index contributed by atoms with van der Waals surface area (Å²) in [6.45, 7) is 3.58. The van der Waals surface area contributed by atoms with Crippen LogP contribution in [-0.2, 0) is 6.54 Å². The van der Waals surface area contributed by atoms with Gasteiger partial charge in [-0.1, -0.05) is 42.5 Å². The minimum Gasteiger partial charge on any atom is -0.494 e. The quantitative estimate of drug-likeness (QED) is 0.502. The second-order valence-corrected chi connectivity index (χ2v) is 5.74. The number of hydrogen-bond donors (Lipinski definition) is 0. The molecule has 0 bridgehead atoms. The predicted molar refractivity (Wildman–Crippen MR) is 96.2 cm³/mol.